The highest BCUT2D eigenvalue weighted by Crippen LogP contribution is 2.45. The third-order valence-electron chi connectivity index (χ3n) is 19.8. The average Bonchev–Trinajstić information content (AvgIpc) is 0.912. The molecular formula is C84H164O17P2. The van der Waals surface area contributed by atoms with Crippen molar-refractivity contribution in [2.24, 2.45) is 5.92 Å². The quantitative estimate of drug-likeness (QED) is 0.0222. The number of hydrogen-bond acceptors (Lipinski definition) is 15. The first-order valence-electron chi connectivity index (χ1n) is 43.6. The van der Waals surface area contributed by atoms with Crippen molar-refractivity contribution in [1.29, 1.82) is 0 Å². The van der Waals surface area contributed by atoms with Crippen molar-refractivity contribution in [3.63, 3.8) is 0 Å². The molecule has 0 heterocycles. The van der Waals surface area contributed by atoms with E-state index in [1.165, 1.54) is 276 Å². The lowest BCUT2D eigenvalue weighted by Crippen LogP contribution is -2.30. The topological polar surface area (TPSA) is 237 Å². The summed E-state index contributed by atoms with van der Waals surface area (Å²) in [4.78, 5) is 73.2. The van der Waals surface area contributed by atoms with Gasteiger partial charge in [-0.1, -0.05) is 401 Å². The Balaban J connectivity index is 5.25. The summed E-state index contributed by atoms with van der Waals surface area (Å²) in [6, 6.07) is 0. The molecule has 0 fully saturated rings. The second-order valence-electron chi connectivity index (χ2n) is 30.7. The summed E-state index contributed by atoms with van der Waals surface area (Å²) >= 11 is 0. The Morgan fingerprint density at radius 1 is 0.262 bits per heavy atom. The fourth-order valence-corrected chi connectivity index (χ4v) is 14.7. The Hall–Kier alpha value is -1.94. The third-order valence-corrected chi connectivity index (χ3v) is 21.7. The van der Waals surface area contributed by atoms with Gasteiger partial charge in [-0.25, -0.2) is 9.13 Å². The molecule has 19 heteroatoms. The standard InChI is InChI=1S/C84H164O17P2/c1-6-9-12-15-18-21-24-27-30-32-33-34-36-38-41-44-49-55-60-65-70-84(89)100-79(73-94-81(86)67-62-57-52-47-42-40-37-35-31-28-25-22-19-16-13-10-7-2)75-98-102(90,91)96-71-78(85)72-97-103(92,93)99-76-80(74-95-82(87)68-63-58-53-50-45-46-51-56-61-66-77(4)5)101-83(88)69-64-59-54-48-43-39-29-26-23-20-17-14-11-8-3/h77-80,85H,6-76H2,1-5H3,(H,90,91)(H,92,93)/t78-,79-,80-/m1/s1. The van der Waals surface area contributed by atoms with Crippen LogP contribution in [0.15, 0.2) is 0 Å². The van der Waals surface area contributed by atoms with E-state index in [0.717, 1.165) is 95.8 Å². The molecule has 3 N–H and O–H groups in total. The van der Waals surface area contributed by atoms with Crippen molar-refractivity contribution in [3.05, 3.63) is 0 Å². The minimum absolute atomic E-state index is 0.108. The number of aliphatic hydroxyl groups is 1. The van der Waals surface area contributed by atoms with Crippen LogP contribution in [0.25, 0.3) is 0 Å². The number of carbonyl (C=O) groups excluding carboxylic acids is 4. The molecule has 2 unspecified atom stereocenters. The smallest absolute Gasteiger partial charge is 0.462 e. The number of phosphoric acid groups is 2. The van der Waals surface area contributed by atoms with Gasteiger partial charge < -0.3 is 33.8 Å². The first-order valence-corrected chi connectivity index (χ1v) is 46.6. The van der Waals surface area contributed by atoms with Gasteiger partial charge in [-0.15, -0.1) is 0 Å². The minimum Gasteiger partial charge on any atom is -0.462 e. The molecule has 17 nitrogen and oxygen atoms in total. The molecule has 0 saturated carbocycles. The van der Waals surface area contributed by atoms with Gasteiger partial charge in [-0.05, 0) is 31.6 Å². The van der Waals surface area contributed by atoms with Gasteiger partial charge in [0.15, 0.2) is 12.2 Å². The van der Waals surface area contributed by atoms with Crippen molar-refractivity contribution < 1.29 is 80.2 Å². The van der Waals surface area contributed by atoms with E-state index in [-0.39, 0.29) is 25.7 Å². The molecular weight excluding hydrogens is 1340 g/mol. The van der Waals surface area contributed by atoms with Crippen molar-refractivity contribution in [2.45, 2.75) is 470 Å². The van der Waals surface area contributed by atoms with E-state index in [4.69, 9.17) is 37.0 Å². The maximum Gasteiger partial charge on any atom is 0.472 e. The summed E-state index contributed by atoms with van der Waals surface area (Å²) in [5.41, 5.74) is 0. The number of aliphatic hydroxyl groups excluding tert-OH is 1. The van der Waals surface area contributed by atoms with Crippen LogP contribution in [0.2, 0.25) is 0 Å². The lowest BCUT2D eigenvalue weighted by Gasteiger charge is -2.21. The number of rotatable bonds is 84. The van der Waals surface area contributed by atoms with Crippen molar-refractivity contribution >= 4 is 39.5 Å². The molecule has 0 aliphatic heterocycles. The van der Waals surface area contributed by atoms with Crippen molar-refractivity contribution in [2.75, 3.05) is 39.6 Å². The van der Waals surface area contributed by atoms with Crippen LogP contribution >= 0.6 is 15.6 Å². The summed E-state index contributed by atoms with van der Waals surface area (Å²) < 4.78 is 68.9. The average molecular weight is 1510 g/mol. The van der Waals surface area contributed by atoms with E-state index >= 15 is 0 Å². The Morgan fingerprint density at radius 2 is 0.447 bits per heavy atom. The fraction of sp³-hybridized carbons (Fsp3) is 0.952. The number of phosphoric ester groups is 2. The van der Waals surface area contributed by atoms with E-state index in [0.29, 0.717) is 25.7 Å². The number of esters is 4. The van der Waals surface area contributed by atoms with Crippen LogP contribution in [0.1, 0.15) is 452 Å². The molecule has 0 rings (SSSR count). The van der Waals surface area contributed by atoms with E-state index in [1.807, 2.05) is 0 Å². The molecule has 0 radical (unpaired) electrons. The van der Waals surface area contributed by atoms with Gasteiger partial charge in [0.2, 0.25) is 0 Å². The lowest BCUT2D eigenvalue weighted by molar-refractivity contribution is -0.161. The van der Waals surface area contributed by atoms with Gasteiger partial charge in [-0.2, -0.15) is 0 Å². The largest absolute Gasteiger partial charge is 0.472 e. The monoisotopic (exact) mass is 1510 g/mol. The molecule has 612 valence electrons. The Labute approximate surface area is 632 Å². The highest BCUT2D eigenvalue weighted by atomic mass is 31.2. The van der Waals surface area contributed by atoms with E-state index < -0.39 is 97.5 Å². The molecule has 0 amide bonds. The van der Waals surface area contributed by atoms with E-state index in [2.05, 4.69) is 34.6 Å². The van der Waals surface area contributed by atoms with Crippen LogP contribution < -0.4 is 0 Å². The Bertz CT molecular complexity index is 1960. The van der Waals surface area contributed by atoms with E-state index in [9.17, 15) is 43.2 Å². The fourth-order valence-electron chi connectivity index (χ4n) is 13.1. The van der Waals surface area contributed by atoms with Gasteiger partial charge in [0.05, 0.1) is 26.4 Å². The van der Waals surface area contributed by atoms with Crippen LogP contribution in [-0.2, 0) is 65.4 Å². The number of carbonyl (C=O) groups is 4. The lowest BCUT2D eigenvalue weighted by atomic mass is 10.0. The summed E-state index contributed by atoms with van der Waals surface area (Å²) in [6.45, 7) is 7.34. The molecule has 0 bridgehead atoms. The first-order chi connectivity index (χ1) is 50.0. The van der Waals surface area contributed by atoms with Gasteiger partial charge >= 0.3 is 39.5 Å². The maximum atomic E-state index is 13.1. The molecule has 0 aromatic heterocycles. The zero-order valence-corrected chi connectivity index (χ0v) is 69.3. The van der Waals surface area contributed by atoms with Crippen LogP contribution in [0, 0.1) is 5.92 Å². The second kappa shape index (κ2) is 76.8. The molecule has 0 aliphatic carbocycles. The van der Waals surface area contributed by atoms with Gasteiger partial charge in [0, 0.05) is 25.7 Å². The SMILES string of the molecule is CCCCCCCCCCCCCCCCCCCCCCC(=O)O[C@H](COC(=O)CCCCCCCCCCCCCCCCCCC)COP(=O)(O)OC[C@@H](O)COP(=O)(O)OC[C@@H](COC(=O)CCCCCCCCCCCC(C)C)OC(=O)CCCCCCCCCCCCCCCC. The summed E-state index contributed by atoms with van der Waals surface area (Å²) in [7, 11) is -9.92. The highest BCUT2D eigenvalue weighted by molar-refractivity contribution is 7.47. The molecule has 0 saturated heterocycles. The number of unbranched alkanes of at least 4 members (excludes halogenated alkanes) is 56. The minimum atomic E-state index is -4.96. The highest BCUT2D eigenvalue weighted by Gasteiger charge is 2.30. The van der Waals surface area contributed by atoms with Crippen LogP contribution in [-0.4, -0.2) is 96.7 Å². The summed E-state index contributed by atoms with van der Waals surface area (Å²) in [5.74, 6) is -1.36. The van der Waals surface area contributed by atoms with Crippen molar-refractivity contribution in [1.82, 2.24) is 0 Å². The zero-order chi connectivity index (χ0) is 75.5. The zero-order valence-electron chi connectivity index (χ0n) is 67.5. The summed E-state index contributed by atoms with van der Waals surface area (Å²) in [5, 5.41) is 10.7. The first kappa shape index (κ1) is 101. The summed E-state index contributed by atoms with van der Waals surface area (Å²) in [6.07, 6.45) is 69.4. The van der Waals surface area contributed by atoms with Crippen LogP contribution in [0.5, 0.6) is 0 Å². The molecule has 103 heavy (non-hydrogen) atoms. The van der Waals surface area contributed by atoms with Crippen LogP contribution in [0.4, 0.5) is 0 Å². The molecule has 0 aliphatic rings. The number of hydrogen-bond donors (Lipinski definition) is 3. The Kier molecular flexibility index (Phi) is 75.4. The molecule has 5 atom stereocenters. The number of ether oxygens (including phenoxy) is 4. The normalized spacial score (nSPS) is 13.8. The maximum absolute atomic E-state index is 13.1. The van der Waals surface area contributed by atoms with Gasteiger partial charge in [0.25, 0.3) is 0 Å². The molecule has 0 aromatic rings. The predicted octanol–water partition coefficient (Wildman–Crippen LogP) is 25.6. The van der Waals surface area contributed by atoms with E-state index in [1.54, 1.807) is 0 Å². The molecule has 0 aromatic carbocycles. The van der Waals surface area contributed by atoms with Gasteiger partial charge in [0.1, 0.15) is 19.3 Å². The van der Waals surface area contributed by atoms with Crippen molar-refractivity contribution in [3.8, 4) is 0 Å². The predicted molar refractivity (Wildman–Crippen MR) is 423 cm³/mol. The van der Waals surface area contributed by atoms with Crippen LogP contribution in [0.3, 0.4) is 0 Å². The molecule has 0 spiro atoms. The second-order valence-corrected chi connectivity index (χ2v) is 33.6. The third kappa shape index (κ3) is 78.0. The Morgan fingerprint density at radius 3 is 0.660 bits per heavy atom. The van der Waals surface area contributed by atoms with Gasteiger partial charge in [-0.3, -0.25) is 37.3 Å².